The number of fused-ring (bicyclic) bond motifs is 4. The number of ether oxygens (including phenoxy) is 2. The number of hydrogen-bond donors (Lipinski definition) is 1. The molecule has 1 fully saturated rings. The predicted molar refractivity (Wildman–Crippen MR) is 91.6 cm³/mol. The summed E-state index contributed by atoms with van der Waals surface area (Å²) >= 11 is 0. The van der Waals surface area contributed by atoms with Crippen LogP contribution in [0.3, 0.4) is 0 Å². The van der Waals surface area contributed by atoms with Gasteiger partial charge in [-0.2, -0.15) is 0 Å². The summed E-state index contributed by atoms with van der Waals surface area (Å²) < 4.78 is 11.8. The van der Waals surface area contributed by atoms with Gasteiger partial charge < -0.3 is 14.8 Å². The Morgan fingerprint density at radius 1 is 1.25 bits per heavy atom. The fourth-order valence-corrected chi connectivity index (χ4v) is 3.61. The van der Waals surface area contributed by atoms with E-state index in [1.165, 1.54) is 0 Å². The molecule has 2 aliphatic rings. The van der Waals surface area contributed by atoms with E-state index in [9.17, 15) is 4.79 Å². The van der Waals surface area contributed by atoms with Crippen LogP contribution < -0.4 is 19.7 Å². The van der Waals surface area contributed by atoms with E-state index in [4.69, 9.17) is 9.47 Å². The Morgan fingerprint density at radius 3 is 2.71 bits per heavy atom. The molecule has 2 atom stereocenters. The quantitative estimate of drug-likeness (QED) is 0.915. The van der Waals surface area contributed by atoms with Gasteiger partial charge in [-0.15, -0.1) is 0 Å². The molecule has 1 saturated heterocycles. The minimum absolute atomic E-state index is 0.0805. The standard InChI is InChI=1S/C19H20N2O3/c1-12-7-9-13(10-8-12)21-18(22)20-15-11-19(21,2)24-17-14(15)5-4-6-16(17)23-3/h4-10,15H,11H2,1-3H3,(H,20,22)/t15-,19+/m1/s1. The molecular weight excluding hydrogens is 304 g/mol. The molecule has 2 aromatic rings. The summed E-state index contributed by atoms with van der Waals surface area (Å²) in [4.78, 5) is 14.5. The van der Waals surface area contributed by atoms with Crippen molar-refractivity contribution in [3.05, 3.63) is 53.6 Å². The number of anilines is 1. The highest BCUT2D eigenvalue weighted by molar-refractivity contribution is 5.95. The number of benzene rings is 2. The Balaban J connectivity index is 1.81. The molecule has 2 aromatic carbocycles. The first-order chi connectivity index (χ1) is 11.5. The summed E-state index contributed by atoms with van der Waals surface area (Å²) in [5, 5.41) is 3.10. The zero-order chi connectivity index (χ0) is 16.9. The Hall–Kier alpha value is -2.69. The minimum Gasteiger partial charge on any atom is -0.493 e. The van der Waals surface area contributed by atoms with Crippen molar-refractivity contribution in [1.82, 2.24) is 5.32 Å². The summed E-state index contributed by atoms with van der Waals surface area (Å²) in [5.41, 5.74) is 2.17. The number of urea groups is 1. The van der Waals surface area contributed by atoms with Crippen molar-refractivity contribution in [2.24, 2.45) is 0 Å². The van der Waals surface area contributed by atoms with Crippen LogP contribution in [0, 0.1) is 6.92 Å². The monoisotopic (exact) mass is 324 g/mol. The van der Waals surface area contributed by atoms with Gasteiger partial charge in [0.25, 0.3) is 0 Å². The molecular formula is C19H20N2O3. The van der Waals surface area contributed by atoms with Crippen LogP contribution in [0.1, 0.15) is 30.5 Å². The van der Waals surface area contributed by atoms with Gasteiger partial charge in [-0.25, -0.2) is 4.79 Å². The Kier molecular flexibility index (Phi) is 3.20. The molecule has 0 aliphatic carbocycles. The predicted octanol–water partition coefficient (Wildman–Crippen LogP) is 3.77. The summed E-state index contributed by atoms with van der Waals surface area (Å²) in [6.07, 6.45) is 0.673. The number of carbonyl (C=O) groups excluding carboxylic acids is 1. The molecule has 0 saturated carbocycles. The largest absolute Gasteiger partial charge is 0.493 e. The molecule has 2 amide bonds. The van der Waals surface area contributed by atoms with Crippen LogP contribution in [0.25, 0.3) is 0 Å². The van der Waals surface area contributed by atoms with Gasteiger partial charge in [-0.05, 0) is 32.0 Å². The highest BCUT2D eigenvalue weighted by atomic mass is 16.5. The lowest BCUT2D eigenvalue weighted by molar-refractivity contribution is 0.0349. The van der Waals surface area contributed by atoms with Crippen LogP contribution in [0.2, 0.25) is 0 Å². The third-order valence-electron chi connectivity index (χ3n) is 4.78. The van der Waals surface area contributed by atoms with Crippen LogP contribution in [0.15, 0.2) is 42.5 Å². The SMILES string of the molecule is COc1cccc2c1O[C@@]1(C)C[C@H]2NC(=O)N1c1ccc(C)cc1. The second-order valence-corrected chi connectivity index (χ2v) is 6.53. The fourth-order valence-electron chi connectivity index (χ4n) is 3.61. The fraction of sp³-hybridized carbons (Fsp3) is 0.316. The molecule has 2 heterocycles. The molecule has 124 valence electrons. The minimum atomic E-state index is -0.760. The first-order valence-corrected chi connectivity index (χ1v) is 8.05. The highest BCUT2D eigenvalue weighted by Crippen LogP contribution is 2.48. The number of methoxy groups -OCH3 is 1. The molecule has 4 rings (SSSR count). The lowest BCUT2D eigenvalue weighted by Crippen LogP contribution is -2.65. The van der Waals surface area contributed by atoms with Gasteiger partial charge in [-0.1, -0.05) is 29.8 Å². The van der Waals surface area contributed by atoms with E-state index in [0.717, 1.165) is 16.8 Å². The number of para-hydroxylation sites is 1. The summed E-state index contributed by atoms with van der Waals surface area (Å²) in [6, 6.07) is 13.4. The van der Waals surface area contributed by atoms with E-state index < -0.39 is 5.72 Å². The van der Waals surface area contributed by atoms with Crippen LogP contribution in [-0.4, -0.2) is 18.9 Å². The molecule has 5 heteroatoms. The Labute approximate surface area is 141 Å². The van der Waals surface area contributed by atoms with Gasteiger partial charge in [0.05, 0.1) is 13.2 Å². The summed E-state index contributed by atoms with van der Waals surface area (Å²) in [7, 11) is 1.63. The molecule has 0 radical (unpaired) electrons. The molecule has 2 aliphatic heterocycles. The number of hydrogen-bond acceptors (Lipinski definition) is 3. The normalized spacial score (nSPS) is 24.7. The van der Waals surface area contributed by atoms with Crippen LogP contribution in [0.4, 0.5) is 10.5 Å². The smallest absolute Gasteiger partial charge is 0.325 e. The van der Waals surface area contributed by atoms with Gasteiger partial charge in [0.2, 0.25) is 0 Å². The van der Waals surface area contributed by atoms with Crippen molar-refractivity contribution in [2.45, 2.75) is 32.0 Å². The molecule has 0 aromatic heterocycles. The number of amides is 2. The molecule has 2 bridgehead atoms. The Bertz CT molecular complexity index is 803. The van der Waals surface area contributed by atoms with Crippen molar-refractivity contribution in [1.29, 1.82) is 0 Å². The first kappa shape index (κ1) is 14.9. The number of carbonyl (C=O) groups is 1. The van der Waals surface area contributed by atoms with Gasteiger partial charge in [0, 0.05) is 17.7 Å². The number of nitrogens with one attached hydrogen (secondary N) is 1. The van der Waals surface area contributed by atoms with Gasteiger partial charge in [0.1, 0.15) is 0 Å². The maximum Gasteiger partial charge on any atom is 0.325 e. The van der Waals surface area contributed by atoms with Crippen LogP contribution >= 0.6 is 0 Å². The van der Waals surface area contributed by atoms with E-state index in [0.29, 0.717) is 17.9 Å². The van der Waals surface area contributed by atoms with Gasteiger partial charge in [0.15, 0.2) is 17.2 Å². The average Bonchev–Trinajstić information content (AvgIpc) is 2.55. The second kappa shape index (κ2) is 5.16. The summed E-state index contributed by atoms with van der Waals surface area (Å²) in [6.45, 7) is 3.98. The maximum atomic E-state index is 12.8. The summed E-state index contributed by atoms with van der Waals surface area (Å²) in [5.74, 6) is 1.39. The molecule has 0 unspecified atom stereocenters. The molecule has 1 N–H and O–H groups in total. The first-order valence-electron chi connectivity index (χ1n) is 8.05. The third-order valence-corrected chi connectivity index (χ3v) is 4.78. The van der Waals surface area contributed by atoms with Crippen molar-refractivity contribution < 1.29 is 14.3 Å². The van der Waals surface area contributed by atoms with E-state index >= 15 is 0 Å². The zero-order valence-electron chi connectivity index (χ0n) is 14.0. The van der Waals surface area contributed by atoms with Gasteiger partial charge >= 0.3 is 6.03 Å². The second-order valence-electron chi connectivity index (χ2n) is 6.53. The average molecular weight is 324 g/mol. The zero-order valence-corrected chi connectivity index (χ0v) is 14.0. The number of aryl methyl sites for hydroxylation is 1. The Morgan fingerprint density at radius 2 is 2.00 bits per heavy atom. The van der Waals surface area contributed by atoms with E-state index in [2.05, 4.69) is 5.32 Å². The van der Waals surface area contributed by atoms with E-state index in [1.54, 1.807) is 12.0 Å². The van der Waals surface area contributed by atoms with Gasteiger partial charge in [-0.3, -0.25) is 4.90 Å². The van der Waals surface area contributed by atoms with E-state index in [1.807, 2.05) is 56.3 Å². The third kappa shape index (κ3) is 2.12. The number of nitrogens with zero attached hydrogens (tertiary/aromatic N) is 1. The van der Waals surface area contributed by atoms with Crippen molar-refractivity contribution in [3.63, 3.8) is 0 Å². The van der Waals surface area contributed by atoms with Crippen molar-refractivity contribution in [3.8, 4) is 11.5 Å². The highest BCUT2D eigenvalue weighted by Gasteiger charge is 2.50. The van der Waals surface area contributed by atoms with E-state index in [-0.39, 0.29) is 12.1 Å². The lowest BCUT2D eigenvalue weighted by Gasteiger charge is -2.50. The van der Waals surface area contributed by atoms with Crippen LogP contribution in [0.5, 0.6) is 11.5 Å². The molecule has 5 nitrogen and oxygen atoms in total. The lowest BCUT2D eigenvalue weighted by atomic mass is 9.90. The topological polar surface area (TPSA) is 50.8 Å². The van der Waals surface area contributed by atoms with Crippen molar-refractivity contribution in [2.75, 3.05) is 12.0 Å². The maximum absolute atomic E-state index is 12.8. The number of rotatable bonds is 2. The van der Waals surface area contributed by atoms with Crippen molar-refractivity contribution >= 4 is 11.7 Å². The molecule has 24 heavy (non-hydrogen) atoms. The molecule has 0 spiro atoms. The van der Waals surface area contributed by atoms with Crippen LogP contribution in [-0.2, 0) is 0 Å².